The van der Waals surface area contributed by atoms with Gasteiger partial charge < -0.3 is 14.8 Å². The van der Waals surface area contributed by atoms with Gasteiger partial charge in [-0.15, -0.1) is 0 Å². The highest BCUT2D eigenvalue weighted by Crippen LogP contribution is 2.53. The minimum Gasteiger partial charge on any atom is -0.462 e. The van der Waals surface area contributed by atoms with E-state index in [-0.39, 0.29) is 47.8 Å². The Labute approximate surface area is 211 Å². The first kappa shape index (κ1) is 24.5. The van der Waals surface area contributed by atoms with E-state index in [0.717, 1.165) is 42.5 Å². The summed E-state index contributed by atoms with van der Waals surface area (Å²) in [5.74, 6) is 0.629. The number of nitrogens with one attached hydrogen (secondary N) is 1. The van der Waals surface area contributed by atoms with Gasteiger partial charge in [-0.05, 0) is 87.1 Å². The lowest BCUT2D eigenvalue weighted by Gasteiger charge is -2.47. The summed E-state index contributed by atoms with van der Waals surface area (Å²) in [6.45, 7) is 4.15. The lowest BCUT2D eigenvalue weighted by Crippen LogP contribution is -2.48. The quantitative estimate of drug-likeness (QED) is 0.548. The maximum atomic E-state index is 13.6. The molecule has 5 rings (SSSR count). The number of pyridine rings is 1. The molecule has 1 amide bonds. The highest BCUT2D eigenvalue weighted by molar-refractivity contribution is 5.75. The Kier molecular flexibility index (Phi) is 7.08. The molecule has 3 aliphatic rings. The Bertz CT molecular complexity index is 1130. The van der Waals surface area contributed by atoms with Gasteiger partial charge >= 0.3 is 12.1 Å². The van der Waals surface area contributed by atoms with Gasteiger partial charge in [0.25, 0.3) is 0 Å². The predicted octanol–water partition coefficient (Wildman–Crippen LogP) is 5.63. The van der Waals surface area contributed by atoms with Crippen LogP contribution in [0.1, 0.15) is 45.2 Å². The number of allylic oxidation sites excluding steroid dienone is 1. The van der Waals surface area contributed by atoms with E-state index in [4.69, 9.17) is 9.47 Å². The summed E-state index contributed by atoms with van der Waals surface area (Å²) >= 11 is 0. The van der Waals surface area contributed by atoms with Gasteiger partial charge in [-0.1, -0.05) is 24.3 Å². The van der Waals surface area contributed by atoms with Crippen LogP contribution in [-0.4, -0.2) is 35.8 Å². The SMILES string of the molecule is CCOC(=O)N[C@H]1CC[C@H]2[C@H](C1)C[C@@H]1C(=O)O[C@@H](C)[C@H]1[C@H]2C=Cc1ccc(-c2cccc(F)c2)cn1. The van der Waals surface area contributed by atoms with Gasteiger partial charge in [0.15, 0.2) is 0 Å². The number of cyclic esters (lactones) is 1. The number of alkyl carbamates (subject to hydrolysis) is 1. The van der Waals surface area contributed by atoms with Crippen molar-refractivity contribution in [3.05, 3.63) is 60.2 Å². The smallest absolute Gasteiger partial charge is 0.407 e. The van der Waals surface area contributed by atoms with Gasteiger partial charge in [-0.3, -0.25) is 9.78 Å². The van der Waals surface area contributed by atoms with Crippen molar-refractivity contribution in [1.29, 1.82) is 0 Å². The topological polar surface area (TPSA) is 77.5 Å². The Balaban J connectivity index is 1.34. The maximum absolute atomic E-state index is 13.6. The molecule has 1 N–H and O–H groups in total. The van der Waals surface area contributed by atoms with Gasteiger partial charge in [-0.25, -0.2) is 9.18 Å². The minimum atomic E-state index is -0.368. The van der Waals surface area contributed by atoms with E-state index in [0.29, 0.717) is 18.4 Å². The molecule has 0 unspecified atom stereocenters. The van der Waals surface area contributed by atoms with Crippen molar-refractivity contribution < 1.29 is 23.5 Å². The molecule has 2 saturated carbocycles. The molecule has 190 valence electrons. The number of rotatable bonds is 5. The molecule has 0 bridgehead atoms. The predicted molar refractivity (Wildman–Crippen MR) is 134 cm³/mol. The lowest BCUT2D eigenvalue weighted by atomic mass is 9.57. The summed E-state index contributed by atoms with van der Waals surface area (Å²) in [6.07, 6.45) is 9.07. The number of nitrogens with zero attached hydrogens (tertiary/aromatic N) is 1. The molecule has 1 aliphatic heterocycles. The van der Waals surface area contributed by atoms with Crippen LogP contribution in [0, 0.1) is 35.4 Å². The third kappa shape index (κ3) is 5.01. The lowest BCUT2D eigenvalue weighted by molar-refractivity contribution is -0.144. The van der Waals surface area contributed by atoms with Gasteiger partial charge in [0, 0.05) is 23.7 Å². The van der Waals surface area contributed by atoms with Crippen molar-refractivity contribution in [3.8, 4) is 11.1 Å². The van der Waals surface area contributed by atoms with Crippen molar-refractivity contribution in [2.75, 3.05) is 6.61 Å². The monoisotopic (exact) mass is 492 g/mol. The molecular formula is C29H33FN2O4. The summed E-state index contributed by atoms with van der Waals surface area (Å²) in [6, 6.07) is 10.4. The first-order valence-corrected chi connectivity index (χ1v) is 13.0. The molecule has 2 aromatic rings. The molecule has 0 spiro atoms. The van der Waals surface area contributed by atoms with E-state index in [9.17, 15) is 14.0 Å². The highest BCUT2D eigenvalue weighted by Gasteiger charge is 2.54. The fourth-order valence-electron chi connectivity index (χ4n) is 6.64. The summed E-state index contributed by atoms with van der Waals surface area (Å²) in [7, 11) is 0. The zero-order valence-corrected chi connectivity index (χ0v) is 20.7. The molecule has 0 radical (unpaired) electrons. The highest BCUT2D eigenvalue weighted by atomic mass is 19.1. The van der Waals surface area contributed by atoms with Crippen LogP contribution in [0.3, 0.4) is 0 Å². The van der Waals surface area contributed by atoms with Crippen LogP contribution in [0.25, 0.3) is 17.2 Å². The van der Waals surface area contributed by atoms with Crippen LogP contribution in [0.2, 0.25) is 0 Å². The Morgan fingerprint density at radius 3 is 2.83 bits per heavy atom. The number of amides is 1. The van der Waals surface area contributed by atoms with Crippen molar-refractivity contribution in [1.82, 2.24) is 10.3 Å². The molecule has 6 nitrogen and oxygen atoms in total. The third-order valence-electron chi connectivity index (χ3n) is 8.18. The molecule has 1 aromatic carbocycles. The van der Waals surface area contributed by atoms with Crippen molar-refractivity contribution in [2.24, 2.45) is 29.6 Å². The number of hydrogen-bond acceptors (Lipinski definition) is 5. The fourth-order valence-corrected chi connectivity index (χ4v) is 6.64. The second-order valence-electron chi connectivity index (χ2n) is 10.3. The van der Waals surface area contributed by atoms with Gasteiger partial charge in [0.05, 0.1) is 18.2 Å². The van der Waals surface area contributed by atoms with Crippen LogP contribution in [0.4, 0.5) is 9.18 Å². The van der Waals surface area contributed by atoms with Crippen molar-refractivity contribution in [3.63, 3.8) is 0 Å². The number of aromatic nitrogens is 1. The van der Waals surface area contributed by atoms with Crippen molar-refractivity contribution in [2.45, 2.75) is 51.7 Å². The van der Waals surface area contributed by atoms with Crippen LogP contribution >= 0.6 is 0 Å². The van der Waals surface area contributed by atoms with Crippen LogP contribution < -0.4 is 5.32 Å². The summed E-state index contributed by atoms with van der Waals surface area (Å²) in [5, 5.41) is 3.00. The average Bonchev–Trinajstić information content (AvgIpc) is 3.15. The van der Waals surface area contributed by atoms with Gasteiger partial charge in [0.2, 0.25) is 0 Å². The first-order valence-electron chi connectivity index (χ1n) is 13.0. The van der Waals surface area contributed by atoms with E-state index >= 15 is 0 Å². The molecule has 3 fully saturated rings. The number of ether oxygens (including phenoxy) is 2. The number of hydrogen-bond donors (Lipinski definition) is 1. The molecule has 1 saturated heterocycles. The number of halogens is 1. The number of fused-ring (bicyclic) bond motifs is 2. The van der Waals surface area contributed by atoms with E-state index in [1.54, 1.807) is 19.2 Å². The zero-order chi connectivity index (χ0) is 25.2. The summed E-state index contributed by atoms with van der Waals surface area (Å²) in [4.78, 5) is 29.2. The zero-order valence-electron chi connectivity index (χ0n) is 20.7. The molecule has 2 aliphatic carbocycles. The minimum absolute atomic E-state index is 0.0679. The Hall–Kier alpha value is -3.22. The van der Waals surface area contributed by atoms with E-state index < -0.39 is 0 Å². The molecule has 36 heavy (non-hydrogen) atoms. The first-order chi connectivity index (χ1) is 17.4. The van der Waals surface area contributed by atoms with E-state index in [2.05, 4.69) is 16.4 Å². The van der Waals surface area contributed by atoms with Crippen LogP contribution in [0.5, 0.6) is 0 Å². The Morgan fingerprint density at radius 1 is 1.22 bits per heavy atom. The maximum Gasteiger partial charge on any atom is 0.407 e. The number of esters is 1. The second kappa shape index (κ2) is 10.4. The number of carbonyl (C=O) groups is 2. The average molecular weight is 493 g/mol. The standard InChI is InChI=1S/C29H33FN2O4/c1-3-35-29(34)32-23-10-11-24-20(14-23)15-26-27(17(2)36-28(26)33)25(24)12-9-22-8-7-19(16-31-22)18-5-4-6-21(30)13-18/h4-9,12-13,16-17,20,23-27H,3,10-11,14-15H2,1-2H3,(H,32,34)/t17-,20+,23-,24-,25-,26-,27-/m0/s1. The van der Waals surface area contributed by atoms with E-state index in [1.165, 1.54) is 12.1 Å². The van der Waals surface area contributed by atoms with Gasteiger partial charge in [-0.2, -0.15) is 0 Å². The second-order valence-corrected chi connectivity index (χ2v) is 10.3. The third-order valence-corrected chi connectivity index (χ3v) is 8.18. The normalized spacial score (nSPS) is 31.4. The summed E-state index contributed by atoms with van der Waals surface area (Å²) < 4.78 is 24.3. The molecule has 2 heterocycles. The largest absolute Gasteiger partial charge is 0.462 e. The van der Waals surface area contributed by atoms with Crippen LogP contribution in [0.15, 0.2) is 48.7 Å². The number of benzene rings is 1. The van der Waals surface area contributed by atoms with Crippen molar-refractivity contribution >= 4 is 18.1 Å². The molecule has 7 heteroatoms. The molecular weight excluding hydrogens is 459 g/mol. The molecule has 1 aromatic heterocycles. The molecule has 7 atom stereocenters. The fraction of sp³-hybridized carbons (Fsp3) is 0.483. The van der Waals surface area contributed by atoms with Crippen LogP contribution in [-0.2, 0) is 14.3 Å². The van der Waals surface area contributed by atoms with E-state index in [1.807, 2.05) is 31.2 Å². The Morgan fingerprint density at radius 2 is 2.08 bits per heavy atom. The number of carbonyl (C=O) groups excluding carboxylic acids is 2. The van der Waals surface area contributed by atoms with Gasteiger partial charge in [0.1, 0.15) is 11.9 Å². The summed E-state index contributed by atoms with van der Waals surface area (Å²) in [5.41, 5.74) is 2.48.